The molecule has 0 saturated heterocycles. The highest BCUT2D eigenvalue weighted by atomic mass is 16.5. The van der Waals surface area contributed by atoms with Crippen LogP contribution in [0.3, 0.4) is 0 Å². The molecule has 130 valence electrons. The maximum Gasteiger partial charge on any atom is 0.237 e. The number of ketones is 1. The van der Waals surface area contributed by atoms with Gasteiger partial charge in [0.25, 0.3) is 0 Å². The summed E-state index contributed by atoms with van der Waals surface area (Å²) >= 11 is 0. The molecule has 0 unspecified atom stereocenters. The van der Waals surface area contributed by atoms with Crippen molar-refractivity contribution in [3.63, 3.8) is 0 Å². The molecule has 0 bridgehead atoms. The zero-order valence-electron chi connectivity index (χ0n) is 15.0. The Morgan fingerprint density at radius 1 is 0.889 bits per heavy atom. The van der Waals surface area contributed by atoms with E-state index in [1.165, 1.54) is 0 Å². The van der Waals surface area contributed by atoms with Crippen LogP contribution in [0.5, 0.6) is 5.75 Å². The number of carbonyl (C=O) groups is 1. The van der Waals surface area contributed by atoms with Gasteiger partial charge in [-0.05, 0) is 41.8 Å². The minimum Gasteiger partial charge on any atom is -0.497 e. The normalized spacial score (nSPS) is 9.37. The van der Waals surface area contributed by atoms with Gasteiger partial charge in [0.15, 0.2) is 0 Å². The molecule has 0 aliphatic carbocycles. The molecule has 0 saturated carbocycles. The summed E-state index contributed by atoms with van der Waals surface area (Å²) in [6, 6.07) is 24.8. The Kier molecular flexibility index (Phi) is 6.08. The summed E-state index contributed by atoms with van der Waals surface area (Å²) in [6.45, 7) is 0. The molecule has 27 heavy (non-hydrogen) atoms. The van der Waals surface area contributed by atoms with Crippen molar-refractivity contribution < 1.29 is 9.53 Å². The SMILES string of the molecule is COc1ccc(C#Cc2ccccc2)c(C(=O)C#CCc2ccccc2)c1. The topological polar surface area (TPSA) is 26.3 Å². The fraction of sp³-hybridized carbons (Fsp3) is 0.0800. The average Bonchev–Trinajstić information content (AvgIpc) is 2.73. The summed E-state index contributed by atoms with van der Waals surface area (Å²) in [6.07, 6.45) is 0.529. The third kappa shape index (κ3) is 5.11. The number of carbonyl (C=O) groups excluding carboxylic acids is 1. The first kappa shape index (κ1) is 18.1. The molecule has 0 spiro atoms. The van der Waals surface area contributed by atoms with Crippen molar-refractivity contribution in [1.82, 2.24) is 0 Å². The quantitative estimate of drug-likeness (QED) is 0.394. The van der Waals surface area contributed by atoms with Crippen LogP contribution in [0.1, 0.15) is 27.0 Å². The van der Waals surface area contributed by atoms with Gasteiger partial charge < -0.3 is 4.74 Å². The van der Waals surface area contributed by atoms with E-state index in [1.807, 2.05) is 60.7 Å². The molecule has 0 radical (unpaired) electrons. The molecule has 0 fully saturated rings. The van der Waals surface area contributed by atoms with Crippen molar-refractivity contribution in [1.29, 1.82) is 0 Å². The number of benzene rings is 3. The molecule has 0 N–H and O–H groups in total. The molecule has 0 atom stereocenters. The molecule has 2 heteroatoms. The van der Waals surface area contributed by atoms with Crippen LogP contribution in [0.2, 0.25) is 0 Å². The van der Waals surface area contributed by atoms with Crippen LogP contribution >= 0.6 is 0 Å². The van der Waals surface area contributed by atoms with Crippen molar-refractivity contribution in [2.24, 2.45) is 0 Å². The van der Waals surface area contributed by atoms with Crippen molar-refractivity contribution in [2.45, 2.75) is 6.42 Å². The van der Waals surface area contributed by atoms with Crippen LogP contribution in [0, 0.1) is 23.7 Å². The summed E-state index contributed by atoms with van der Waals surface area (Å²) in [5.74, 6) is 12.2. The van der Waals surface area contributed by atoms with Crippen molar-refractivity contribution in [3.8, 4) is 29.4 Å². The second-order valence-corrected chi connectivity index (χ2v) is 5.82. The van der Waals surface area contributed by atoms with Gasteiger partial charge in [0.05, 0.1) is 12.7 Å². The molecule has 3 rings (SSSR count). The summed E-state index contributed by atoms with van der Waals surface area (Å²) < 4.78 is 5.25. The zero-order chi connectivity index (χ0) is 18.9. The van der Waals surface area contributed by atoms with Crippen LogP contribution in [0.4, 0.5) is 0 Å². The Balaban J connectivity index is 1.87. The van der Waals surface area contributed by atoms with Crippen LogP contribution in [0.15, 0.2) is 78.9 Å². The van der Waals surface area contributed by atoms with E-state index < -0.39 is 0 Å². The van der Waals surface area contributed by atoms with Gasteiger partial charge in [0, 0.05) is 17.5 Å². The fourth-order valence-corrected chi connectivity index (χ4v) is 2.50. The molecule has 3 aromatic rings. The Morgan fingerprint density at radius 3 is 2.30 bits per heavy atom. The molecule has 3 aromatic carbocycles. The first-order chi connectivity index (χ1) is 13.3. The Hall–Kier alpha value is -3.75. The van der Waals surface area contributed by atoms with Crippen molar-refractivity contribution in [3.05, 3.63) is 101 Å². The molecule has 0 aliphatic heterocycles. The largest absolute Gasteiger partial charge is 0.497 e. The van der Waals surface area contributed by atoms with Gasteiger partial charge in [-0.3, -0.25) is 4.79 Å². The van der Waals surface area contributed by atoms with Gasteiger partial charge in [0.1, 0.15) is 5.75 Å². The van der Waals surface area contributed by atoms with Gasteiger partial charge >= 0.3 is 0 Å². The zero-order valence-corrected chi connectivity index (χ0v) is 15.0. The Labute approximate surface area is 159 Å². The second kappa shape index (κ2) is 9.09. The smallest absolute Gasteiger partial charge is 0.237 e. The third-order valence-electron chi connectivity index (χ3n) is 3.92. The predicted molar refractivity (Wildman–Crippen MR) is 108 cm³/mol. The van der Waals surface area contributed by atoms with Crippen molar-refractivity contribution >= 4 is 5.78 Å². The second-order valence-electron chi connectivity index (χ2n) is 5.82. The number of ether oxygens (including phenoxy) is 1. The van der Waals surface area contributed by atoms with Gasteiger partial charge in [-0.1, -0.05) is 66.3 Å². The first-order valence-electron chi connectivity index (χ1n) is 8.58. The van der Waals surface area contributed by atoms with Crippen LogP contribution in [0.25, 0.3) is 0 Å². The first-order valence-corrected chi connectivity index (χ1v) is 8.58. The Morgan fingerprint density at radius 2 is 1.59 bits per heavy atom. The van der Waals surface area contributed by atoms with Gasteiger partial charge in [-0.25, -0.2) is 0 Å². The van der Waals surface area contributed by atoms with Crippen molar-refractivity contribution in [2.75, 3.05) is 7.11 Å². The molecule has 0 amide bonds. The van der Waals surface area contributed by atoms with Gasteiger partial charge in [-0.15, -0.1) is 0 Å². The maximum atomic E-state index is 12.6. The van der Waals surface area contributed by atoms with E-state index >= 15 is 0 Å². The summed E-state index contributed by atoms with van der Waals surface area (Å²) in [4.78, 5) is 12.6. The fourth-order valence-electron chi connectivity index (χ4n) is 2.50. The van der Waals surface area contributed by atoms with E-state index in [9.17, 15) is 4.79 Å². The van der Waals surface area contributed by atoms with E-state index in [0.29, 0.717) is 23.3 Å². The molecule has 0 heterocycles. The van der Waals surface area contributed by atoms with Gasteiger partial charge in [0.2, 0.25) is 5.78 Å². The average molecular weight is 350 g/mol. The van der Waals surface area contributed by atoms with E-state index in [0.717, 1.165) is 11.1 Å². The maximum absolute atomic E-state index is 12.6. The van der Waals surface area contributed by atoms with E-state index in [2.05, 4.69) is 23.7 Å². The van der Waals surface area contributed by atoms with E-state index in [1.54, 1.807) is 25.3 Å². The lowest BCUT2D eigenvalue weighted by atomic mass is 10.0. The van der Waals surface area contributed by atoms with E-state index in [4.69, 9.17) is 4.74 Å². The molecular formula is C25H18O2. The summed E-state index contributed by atoms with van der Waals surface area (Å²) in [5, 5.41) is 0. The number of methoxy groups -OCH3 is 1. The van der Waals surface area contributed by atoms with Crippen LogP contribution < -0.4 is 4.74 Å². The lowest BCUT2D eigenvalue weighted by Crippen LogP contribution is -2.00. The number of hydrogen-bond donors (Lipinski definition) is 0. The molecule has 0 aliphatic rings. The monoisotopic (exact) mass is 350 g/mol. The number of Topliss-reactive ketones (excluding diaryl/α,β-unsaturated/α-hetero) is 1. The minimum atomic E-state index is -0.262. The molecule has 2 nitrogen and oxygen atoms in total. The standard InChI is InChI=1S/C25H18O2/c1-27-23-18-17-22(16-15-21-11-6-3-7-12-21)24(19-23)25(26)14-8-13-20-9-4-2-5-10-20/h2-7,9-12,17-19H,13H2,1H3. The molecule has 0 aromatic heterocycles. The highest BCUT2D eigenvalue weighted by Crippen LogP contribution is 2.18. The molecular weight excluding hydrogens is 332 g/mol. The summed E-state index contributed by atoms with van der Waals surface area (Å²) in [5.41, 5.74) is 3.06. The number of rotatable bonds is 3. The third-order valence-corrected chi connectivity index (χ3v) is 3.92. The summed E-state index contributed by atoms with van der Waals surface area (Å²) in [7, 11) is 1.57. The highest BCUT2D eigenvalue weighted by Gasteiger charge is 2.09. The minimum absolute atomic E-state index is 0.262. The number of hydrogen-bond acceptors (Lipinski definition) is 2. The van der Waals surface area contributed by atoms with Gasteiger partial charge in [-0.2, -0.15) is 0 Å². The van der Waals surface area contributed by atoms with E-state index in [-0.39, 0.29) is 5.78 Å². The highest BCUT2D eigenvalue weighted by molar-refractivity contribution is 6.10. The lowest BCUT2D eigenvalue weighted by Gasteiger charge is -2.04. The lowest BCUT2D eigenvalue weighted by molar-refractivity contribution is 0.105. The predicted octanol–water partition coefficient (Wildman–Crippen LogP) is 4.52. The van der Waals surface area contributed by atoms with Crippen LogP contribution in [-0.4, -0.2) is 12.9 Å². The Bertz CT molecular complexity index is 1040. The van der Waals surface area contributed by atoms with Crippen LogP contribution in [-0.2, 0) is 6.42 Å².